The zero-order valence-corrected chi connectivity index (χ0v) is 15.5. The van der Waals surface area contributed by atoms with Gasteiger partial charge in [-0.15, -0.1) is 0 Å². The van der Waals surface area contributed by atoms with E-state index in [9.17, 15) is 4.79 Å². The van der Waals surface area contributed by atoms with Crippen LogP contribution in [0.25, 0.3) is 0 Å². The van der Waals surface area contributed by atoms with Crippen LogP contribution < -0.4 is 15.5 Å². The van der Waals surface area contributed by atoms with Crippen molar-refractivity contribution in [1.29, 1.82) is 0 Å². The number of carbonyl (C=O) groups is 1. The number of piperazine rings is 1. The predicted octanol–water partition coefficient (Wildman–Crippen LogP) is 0.263. The second kappa shape index (κ2) is 9.83. The van der Waals surface area contributed by atoms with Crippen LogP contribution in [0, 0.1) is 0 Å². The first-order chi connectivity index (χ1) is 13.2. The van der Waals surface area contributed by atoms with Crippen molar-refractivity contribution in [3.05, 3.63) is 30.9 Å². The molecule has 2 aromatic rings. The van der Waals surface area contributed by atoms with E-state index < -0.39 is 0 Å². The number of hydrogen-bond acceptors (Lipinski definition) is 7. The lowest BCUT2D eigenvalue weighted by molar-refractivity contribution is 0.183. The molecule has 2 N–H and O–H groups in total. The summed E-state index contributed by atoms with van der Waals surface area (Å²) in [7, 11) is 1.64. The monoisotopic (exact) mass is 374 g/mol. The molecule has 0 bridgehead atoms. The van der Waals surface area contributed by atoms with Gasteiger partial charge in [-0.25, -0.2) is 14.8 Å². The third kappa shape index (κ3) is 5.90. The molecule has 1 aliphatic rings. The molecule has 3 rings (SSSR count). The van der Waals surface area contributed by atoms with Crippen LogP contribution in [0.2, 0.25) is 0 Å². The normalized spacial score (nSPS) is 14.9. The molecule has 3 heterocycles. The van der Waals surface area contributed by atoms with Crippen LogP contribution >= 0.6 is 0 Å². The van der Waals surface area contributed by atoms with Gasteiger partial charge >= 0.3 is 6.03 Å². The molecule has 0 saturated carbocycles. The second-order valence-corrected chi connectivity index (χ2v) is 6.24. The fraction of sp³-hybridized carbons (Fsp3) is 0.529. The molecule has 0 aliphatic carbocycles. The zero-order valence-electron chi connectivity index (χ0n) is 15.5. The zero-order chi connectivity index (χ0) is 18.9. The van der Waals surface area contributed by atoms with Crippen molar-refractivity contribution in [3.63, 3.8) is 0 Å². The Morgan fingerprint density at radius 2 is 1.96 bits per heavy atom. The van der Waals surface area contributed by atoms with Crippen LogP contribution in [0.3, 0.4) is 0 Å². The van der Waals surface area contributed by atoms with Gasteiger partial charge in [0.2, 0.25) is 5.95 Å². The number of amides is 2. The summed E-state index contributed by atoms with van der Waals surface area (Å²) in [6, 6.07) is 1.60. The summed E-state index contributed by atoms with van der Waals surface area (Å²) in [5.41, 5.74) is 0.667. The Balaban J connectivity index is 1.32. The van der Waals surface area contributed by atoms with Gasteiger partial charge in [0.25, 0.3) is 0 Å². The molecule has 0 unspecified atom stereocenters. The fourth-order valence-electron chi connectivity index (χ4n) is 2.86. The van der Waals surface area contributed by atoms with E-state index in [-0.39, 0.29) is 6.03 Å². The van der Waals surface area contributed by atoms with Gasteiger partial charge in [0.15, 0.2) is 0 Å². The molecule has 0 radical (unpaired) electrons. The Bertz CT molecular complexity index is 700. The van der Waals surface area contributed by atoms with Gasteiger partial charge in [-0.1, -0.05) is 0 Å². The summed E-state index contributed by atoms with van der Waals surface area (Å²) in [4.78, 5) is 25.1. The first-order valence-corrected chi connectivity index (χ1v) is 9.05. The van der Waals surface area contributed by atoms with Crippen molar-refractivity contribution < 1.29 is 9.53 Å². The van der Waals surface area contributed by atoms with Crippen LogP contribution in [0.1, 0.15) is 0 Å². The molecule has 0 spiro atoms. The fourth-order valence-corrected chi connectivity index (χ4v) is 2.86. The number of hydrogen-bond donors (Lipinski definition) is 2. The van der Waals surface area contributed by atoms with E-state index in [0.717, 1.165) is 38.7 Å². The molecule has 146 valence electrons. The van der Waals surface area contributed by atoms with E-state index in [1.54, 1.807) is 36.6 Å². The molecule has 1 aliphatic heterocycles. The molecule has 1 saturated heterocycles. The van der Waals surface area contributed by atoms with Gasteiger partial charge in [0.05, 0.1) is 25.0 Å². The SMILES string of the molecule is COCCn1cc(NC(=O)NCCN2CCN(c3ncccn3)CC2)cn1. The molecule has 1 fully saturated rings. The van der Waals surface area contributed by atoms with Crippen LogP contribution in [0.4, 0.5) is 16.4 Å². The number of rotatable bonds is 8. The lowest BCUT2D eigenvalue weighted by atomic mass is 10.3. The standard InChI is InChI=1S/C17H26N8O2/c1-27-12-11-25-14-15(13-21-25)22-17(26)20-5-6-23-7-9-24(10-8-23)16-18-3-2-4-19-16/h2-4,13-14H,5-12H2,1H3,(H2,20,22,26). The summed E-state index contributed by atoms with van der Waals surface area (Å²) in [5.74, 6) is 0.778. The maximum absolute atomic E-state index is 12.0. The lowest BCUT2D eigenvalue weighted by Gasteiger charge is -2.34. The third-order valence-electron chi connectivity index (χ3n) is 4.34. The van der Waals surface area contributed by atoms with Gasteiger partial charge in [0, 0.05) is 65.0 Å². The van der Waals surface area contributed by atoms with Gasteiger partial charge in [-0.2, -0.15) is 5.10 Å². The van der Waals surface area contributed by atoms with E-state index in [1.807, 2.05) is 6.07 Å². The minimum absolute atomic E-state index is 0.224. The number of methoxy groups -OCH3 is 1. The van der Waals surface area contributed by atoms with Crippen molar-refractivity contribution in [2.75, 3.05) is 63.2 Å². The Labute approximate surface area is 158 Å². The number of nitrogens with zero attached hydrogens (tertiary/aromatic N) is 6. The van der Waals surface area contributed by atoms with E-state index >= 15 is 0 Å². The van der Waals surface area contributed by atoms with Gasteiger partial charge in [-0.05, 0) is 6.07 Å². The molecule has 0 atom stereocenters. The van der Waals surface area contributed by atoms with Crippen LogP contribution in [0.15, 0.2) is 30.9 Å². The van der Waals surface area contributed by atoms with E-state index in [4.69, 9.17) is 4.74 Å². The number of aromatic nitrogens is 4. The summed E-state index contributed by atoms with van der Waals surface area (Å²) >= 11 is 0. The largest absolute Gasteiger partial charge is 0.383 e. The summed E-state index contributed by atoms with van der Waals surface area (Å²) < 4.78 is 6.73. The Kier molecular flexibility index (Phi) is 6.94. The van der Waals surface area contributed by atoms with Crippen LogP contribution in [0.5, 0.6) is 0 Å². The smallest absolute Gasteiger partial charge is 0.319 e. The van der Waals surface area contributed by atoms with Crippen LogP contribution in [-0.2, 0) is 11.3 Å². The van der Waals surface area contributed by atoms with Gasteiger partial charge in [0.1, 0.15) is 0 Å². The highest BCUT2D eigenvalue weighted by atomic mass is 16.5. The first kappa shape index (κ1) is 19.1. The maximum Gasteiger partial charge on any atom is 0.319 e. The summed E-state index contributed by atoms with van der Waals surface area (Å²) in [6.07, 6.45) is 6.93. The highest BCUT2D eigenvalue weighted by Crippen LogP contribution is 2.09. The molecule has 10 heteroatoms. The molecule has 10 nitrogen and oxygen atoms in total. The third-order valence-corrected chi connectivity index (χ3v) is 4.34. The number of urea groups is 1. The Morgan fingerprint density at radius 1 is 1.19 bits per heavy atom. The van der Waals surface area contributed by atoms with Crippen molar-refractivity contribution in [2.45, 2.75) is 6.54 Å². The van der Waals surface area contributed by atoms with Crippen LogP contribution in [-0.4, -0.2) is 83.7 Å². The van der Waals surface area contributed by atoms with Gasteiger partial charge in [-0.3, -0.25) is 9.58 Å². The number of anilines is 2. The lowest BCUT2D eigenvalue weighted by Crippen LogP contribution is -2.49. The molecule has 27 heavy (non-hydrogen) atoms. The van der Waals surface area contributed by atoms with E-state index in [2.05, 4.69) is 35.5 Å². The first-order valence-electron chi connectivity index (χ1n) is 9.05. The molecule has 0 aromatic carbocycles. The minimum atomic E-state index is -0.224. The highest BCUT2D eigenvalue weighted by molar-refractivity contribution is 5.88. The Morgan fingerprint density at radius 3 is 2.70 bits per heavy atom. The second-order valence-electron chi connectivity index (χ2n) is 6.24. The quantitative estimate of drug-likeness (QED) is 0.684. The molecule has 2 amide bonds. The topological polar surface area (TPSA) is 100 Å². The van der Waals surface area contributed by atoms with Crippen molar-refractivity contribution in [2.24, 2.45) is 0 Å². The number of nitrogens with one attached hydrogen (secondary N) is 2. The summed E-state index contributed by atoms with van der Waals surface area (Å²) in [5, 5.41) is 9.83. The predicted molar refractivity (Wildman–Crippen MR) is 102 cm³/mol. The van der Waals surface area contributed by atoms with Gasteiger partial charge < -0.3 is 20.3 Å². The van der Waals surface area contributed by atoms with E-state index in [0.29, 0.717) is 25.4 Å². The molecule has 2 aromatic heterocycles. The number of ether oxygens (including phenoxy) is 1. The van der Waals surface area contributed by atoms with Crippen molar-refractivity contribution in [1.82, 2.24) is 30.0 Å². The maximum atomic E-state index is 12.0. The number of carbonyl (C=O) groups excluding carboxylic acids is 1. The van der Waals surface area contributed by atoms with E-state index in [1.165, 1.54) is 0 Å². The van der Waals surface area contributed by atoms with Crippen molar-refractivity contribution in [3.8, 4) is 0 Å². The Hall–Kier alpha value is -2.72. The van der Waals surface area contributed by atoms with Crippen molar-refractivity contribution >= 4 is 17.7 Å². The highest BCUT2D eigenvalue weighted by Gasteiger charge is 2.18. The molecular formula is C17H26N8O2. The average Bonchev–Trinajstić information content (AvgIpc) is 3.15. The average molecular weight is 374 g/mol. The minimum Gasteiger partial charge on any atom is -0.383 e. The summed E-state index contributed by atoms with van der Waals surface area (Å²) in [6.45, 7) is 6.25. The molecular weight excluding hydrogens is 348 g/mol.